The molecule has 6 heteroatoms. The number of nitrogens with zero attached hydrogens (tertiary/aromatic N) is 1. The van der Waals surface area contributed by atoms with Gasteiger partial charge in [0, 0.05) is 22.4 Å². The number of pyridine rings is 1. The number of benzene rings is 1. The summed E-state index contributed by atoms with van der Waals surface area (Å²) in [6, 6.07) is 10.0. The number of rotatable bonds is 5. The molecule has 2 rings (SSSR count). The molecule has 0 radical (unpaired) electrons. The summed E-state index contributed by atoms with van der Waals surface area (Å²) >= 11 is 7.67. The van der Waals surface area contributed by atoms with Gasteiger partial charge in [0.25, 0.3) is 0 Å². The Kier molecular flexibility index (Phi) is 5.25. The van der Waals surface area contributed by atoms with Crippen molar-refractivity contribution in [2.24, 2.45) is 5.84 Å². The van der Waals surface area contributed by atoms with Crippen LogP contribution < -0.4 is 17.0 Å². The molecule has 5 N–H and O–H groups in total. The molecule has 1 aromatic heterocycles. The second-order valence-electron chi connectivity index (χ2n) is 4.47. The molecule has 0 spiro atoms. The van der Waals surface area contributed by atoms with E-state index < -0.39 is 0 Å². The predicted octanol–water partition coefficient (Wildman–Crippen LogP) is 2.92. The molecule has 0 saturated carbocycles. The molecule has 1 aromatic carbocycles. The fourth-order valence-electron chi connectivity index (χ4n) is 1.86. The van der Waals surface area contributed by atoms with Gasteiger partial charge in [-0.1, -0.05) is 29.3 Å². The van der Waals surface area contributed by atoms with Gasteiger partial charge < -0.3 is 5.73 Å². The van der Waals surface area contributed by atoms with E-state index in [1.54, 1.807) is 17.8 Å². The van der Waals surface area contributed by atoms with E-state index in [0.29, 0.717) is 10.8 Å². The van der Waals surface area contributed by atoms with Crippen LogP contribution in [0.15, 0.2) is 41.4 Å². The molecule has 0 aliphatic carbocycles. The first-order chi connectivity index (χ1) is 9.60. The summed E-state index contributed by atoms with van der Waals surface area (Å²) in [5.74, 6) is 6.82. The number of halogens is 1. The zero-order valence-electron chi connectivity index (χ0n) is 11.1. The summed E-state index contributed by atoms with van der Waals surface area (Å²) in [5, 5.41) is 0.551. The van der Waals surface area contributed by atoms with Crippen LogP contribution in [0.4, 0.5) is 5.82 Å². The van der Waals surface area contributed by atoms with Crippen LogP contribution in [0.5, 0.6) is 0 Å². The number of thioether (sulfide) groups is 1. The Morgan fingerprint density at radius 2 is 2.20 bits per heavy atom. The lowest BCUT2D eigenvalue weighted by Gasteiger charge is -2.17. The van der Waals surface area contributed by atoms with E-state index in [1.165, 1.54) is 16.7 Å². The van der Waals surface area contributed by atoms with Crippen molar-refractivity contribution in [3.63, 3.8) is 0 Å². The zero-order chi connectivity index (χ0) is 14.5. The van der Waals surface area contributed by atoms with E-state index >= 15 is 0 Å². The summed E-state index contributed by atoms with van der Waals surface area (Å²) in [4.78, 5) is 5.25. The monoisotopic (exact) mass is 308 g/mol. The molecular formula is C14H17ClN4S. The van der Waals surface area contributed by atoms with Gasteiger partial charge in [0.05, 0.1) is 11.1 Å². The second kappa shape index (κ2) is 6.95. The number of hydrogen-bond acceptors (Lipinski definition) is 5. The highest BCUT2D eigenvalue weighted by Crippen LogP contribution is 2.28. The van der Waals surface area contributed by atoms with E-state index in [0.717, 1.165) is 11.3 Å². The Bertz CT molecular complexity index is 591. The number of aromatic nitrogens is 1. The Morgan fingerprint density at radius 3 is 2.90 bits per heavy atom. The summed E-state index contributed by atoms with van der Waals surface area (Å²) in [6.07, 6.45) is 1.53. The van der Waals surface area contributed by atoms with Crippen LogP contribution in [0.25, 0.3) is 0 Å². The van der Waals surface area contributed by atoms with Gasteiger partial charge in [-0.3, -0.25) is 11.3 Å². The predicted molar refractivity (Wildman–Crippen MR) is 85.6 cm³/mol. The molecule has 0 aliphatic rings. The zero-order valence-corrected chi connectivity index (χ0v) is 12.7. The number of aryl methyl sites for hydroxylation is 1. The van der Waals surface area contributed by atoms with Gasteiger partial charge in [-0.15, -0.1) is 11.8 Å². The molecule has 20 heavy (non-hydrogen) atoms. The van der Waals surface area contributed by atoms with Gasteiger partial charge in [0.15, 0.2) is 0 Å². The summed E-state index contributed by atoms with van der Waals surface area (Å²) < 4.78 is 0. The number of nitrogens with two attached hydrogens (primary N) is 2. The molecule has 0 amide bonds. The maximum absolute atomic E-state index is 5.96. The van der Waals surface area contributed by atoms with E-state index in [4.69, 9.17) is 23.2 Å². The Hall–Kier alpha value is -1.27. The number of anilines is 1. The third-order valence-corrected chi connectivity index (χ3v) is 4.19. The van der Waals surface area contributed by atoms with Crippen molar-refractivity contribution < 1.29 is 0 Å². The smallest absolute Gasteiger partial charge is 0.128 e. The minimum Gasteiger partial charge on any atom is -0.383 e. The molecule has 0 aliphatic heterocycles. The number of nitrogen functional groups attached to an aromatic ring is 1. The van der Waals surface area contributed by atoms with Crippen LogP contribution in [-0.2, 0) is 0 Å². The molecule has 2 aromatic rings. The molecule has 106 valence electrons. The first-order valence-corrected chi connectivity index (χ1v) is 7.53. The molecule has 0 bridgehead atoms. The fourth-order valence-corrected chi connectivity index (χ4v) is 3.10. The maximum atomic E-state index is 5.96. The lowest BCUT2D eigenvalue weighted by molar-refractivity contribution is 0.611. The van der Waals surface area contributed by atoms with Crippen LogP contribution in [0.2, 0.25) is 5.02 Å². The molecule has 1 unspecified atom stereocenters. The summed E-state index contributed by atoms with van der Waals surface area (Å²) in [5.41, 5.74) is 10.7. The Morgan fingerprint density at radius 1 is 1.40 bits per heavy atom. The standard InChI is InChI=1S/C14H17ClN4S/c1-9-3-2-4-11(5-9)20-8-13(19-17)12-6-10(15)7-18-14(12)16/h2-7,13,19H,8,17H2,1H3,(H2,16,18). The summed E-state index contributed by atoms with van der Waals surface area (Å²) in [7, 11) is 0. The molecular weight excluding hydrogens is 292 g/mol. The van der Waals surface area contributed by atoms with Gasteiger partial charge >= 0.3 is 0 Å². The van der Waals surface area contributed by atoms with Gasteiger partial charge in [-0.05, 0) is 25.1 Å². The van der Waals surface area contributed by atoms with Crippen molar-refractivity contribution >= 4 is 29.2 Å². The highest BCUT2D eigenvalue weighted by Gasteiger charge is 2.15. The van der Waals surface area contributed by atoms with Crippen molar-refractivity contribution in [1.82, 2.24) is 10.4 Å². The number of hydrazine groups is 1. The molecule has 0 saturated heterocycles. The van der Waals surface area contributed by atoms with E-state index in [9.17, 15) is 0 Å². The van der Waals surface area contributed by atoms with Crippen LogP contribution in [-0.4, -0.2) is 10.7 Å². The fraction of sp³-hybridized carbons (Fsp3) is 0.214. The minimum atomic E-state index is -0.105. The third kappa shape index (κ3) is 3.86. The first kappa shape index (κ1) is 15.1. The normalized spacial score (nSPS) is 12.3. The molecule has 0 fully saturated rings. The maximum Gasteiger partial charge on any atom is 0.128 e. The van der Waals surface area contributed by atoms with Crippen LogP contribution >= 0.6 is 23.4 Å². The molecule has 1 heterocycles. The van der Waals surface area contributed by atoms with Crippen LogP contribution in [0.1, 0.15) is 17.2 Å². The van der Waals surface area contributed by atoms with Crippen molar-refractivity contribution in [2.75, 3.05) is 11.5 Å². The van der Waals surface area contributed by atoms with Crippen molar-refractivity contribution in [1.29, 1.82) is 0 Å². The van der Waals surface area contributed by atoms with Crippen molar-refractivity contribution in [3.05, 3.63) is 52.7 Å². The van der Waals surface area contributed by atoms with Gasteiger partial charge in [-0.25, -0.2) is 4.98 Å². The van der Waals surface area contributed by atoms with Crippen LogP contribution in [0, 0.1) is 6.92 Å². The summed E-state index contributed by atoms with van der Waals surface area (Å²) in [6.45, 7) is 2.07. The molecule has 4 nitrogen and oxygen atoms in total. The van der Waals surface area contributed by atoms with Gasteiger partial charge in [0.1, 0.15) is 5.82 Å². The van der Waals surface area contributed by atoms with Gasteiger partial charge in [-0.2, -0.15) is 0 Å². The Labute approximate surface area is 127 Å². The van der Waals surface area contributed by atoms with E-state index in [2.05, 4.69) is 35.5 Å². The number of nitrogens with one attached hydrogen (secondary N) is 1. The molecule has 1 atom stereocenters. The highest BCUT2D eigenvalue weighted by atomic mass is 35.5. The lowest BCUT2D eigenvalue weighted by Crippen LogP contribution is -2.30. The van der Waals surface area contributed by atoms with Crippen molar-refractivity contribution in [3.8, 4) is 0 Å². The first-order valence-electron chi connectivity index (χ1n) is 6.16. The van der Waals surface area contributed by atoms with Crippen LogP contribution in [0.3, 0.4) is 0 Å². The topological polar surface area (TPSA) is 77.0 Å². The largest absolute Gasteiger partial charge is 0.383 e. The van der Waals surface area contributed by atoms with E-state index in [1.807, 2.05) is 6.07 Å². The lowest BCUT2D eigenvalue weighted by atomic mass is 10.1. The van der Waals surface area contributed by atoms with E-state index in [-0.39, 0.29) is 6.04 Å². The second-order valence-corrected chi connectivity index (χ2v) is 6.00. The SMILES string of the molecule is Cc1cccc(SCC(NN)c2cc(Cl)cnc2N)c1. The average molecular weight is 309 g/mol. The third-order valence-electron chi connectivity index (χ3n) is 2.90. The average Bonchev–Trinajstić information content (AvgIpc) is 2.43. The van der Waals surface area contributed by atoms with Crippen molar-refractivity contribution in [2.45, 2.75) is 17.9 Å². The quantitative estimate of drug-likeness (QED) is 0.450. The van der Waals surface area contributed by atoms with Gasteiger partial charge in [0.2, 0.25) is 0 Å². The minimum absolute atomic E-state index is 0.105. The Balaban J connectivity index is 2.11. The number of hydrogen-bond donors (Lipinski definition) is 3. The highest BCUT2D eigenvalue weighted by molar-refractivity contribution is 7.99.